The van der Waals surface area contributed by atoms with Crippen molar-refractivity contribution in [2.75, 3.05) is 0 Å². The van der Waals surface area contributed by atoms with Crippen molar-refractivity contribution in [2.24, 2.45) is 17.8 Å². The summed E-state index contributed by atoms with van der Waals surface area (Å²) in [7, 11) is 0. The van der Waals surface area contributed by atoms with Crippen LogP contribution in [0.25, 0.3) is 68.0 Å². The van der Waals surface area contributed by atoms with E-state index in [1.165, 1.54) is 72.2 Å². The molecule has 7 heteroatoms. The highest BCUT2D eigenvalue weighted by atomic mass is 15.4. The van der Waals surface area contributed by atoms with Crippen LogP contribution in [-0.2, 0) is 19.3 Å². The van der Waals surface area contributed by atoms with Gasteiger partial charge in [-0.15, -0.1) is 0 Å². The third kappa shape index (κ3) is 7.33. The maximum absolute atomic E-state index is 11.8. The van der Waals surface area contributed by atoms with Crippen LogP contribution in [0.1, 0.15) is 103 Å². The van der Waals surface area contributed by atoms with Crippen LogP contribution in [0.15, 0.2) is 168 Å². The van der Waals surface area contributed by atoms with E-state index in [0.29, 0.717) is 23.3 Å². The van der Waals surface area contributed by atoms with Gasteiger partial charge >= 0.3 is 0 Å². The van der Waals surface area contributed by atoms with Crippen LogP contribution in [0, 0.1) is 29.1 Å². The number of hydrogen-bond acceptors (Lipinski definition) is 4. The van der Waals surface area contributed by atoms with Crippen molar-refractivity contribution in [2.45, 2.75) is 90.1 Å². The average molecular weight is 952 g/mol. The van der Waals surface area contributed by atoms with Crippen LogP contribution in [0.2, 0.25) is 0 Å². The number of para-hydroxylation sites is 2. The van der Waals surface area contributed by atoms with E-state index >= 15 is 0 Å². The molecule has 1 fully saturated rings. The highest BCUT2D eigenvalue weighted by Gasteiger charge is 2.37. The molecule has 7 aliphatic rings. The number of nitrogens with zero attached hydrogens (tertiary/aromatic N) is 4. The zero-order valence-electron chi connectivity index (χ0n) is 41.8. The summed E-state index contributed by atoms with van der Waals surface area (Å²) < 4.78 is 7.57. The van der Waals surface area contributed by atoms with Crippen LogP contribution in [0.3, 0.4) is 0 Å². The lowest BCUT2D eigenvalue weighted by molar-refractivity contribution is 0.244. The number of rotatable bonds is 7. The van der Waals surface area contributed by atoms with Gasteiger partial charge in [-0.2, -0.15) is 5.26 Å². The molecular weight excluding hydrogens is 891 g/mol. The van der Waals surface area contributed by atoms with Crippen molar-refractivity contribution in [1.82, 2.24) is 29.7 Å². The van der Waals surface area contributed by atoms with Crippen molar-refractivity contribution in [3.8, 4) is 23.1 Å². The third-order valence-corrected chi connectivity index (χ3v) is 16.9. The van der Waals surface area contributed by atoms with Gasteiger partial charge in [0.25, 0.3) is 0 Å². The van der Waals surface area contributed by atoms with Gasteiger partial charge in [0.1, 0.15) is 6.07 Å². The molecule has 6 atom stereocenters. The van der Waals surface area contributed by atoms with Crippen LogP contribution >= 0.6 is 0 Å². The van der Waals surface area contributed by atoms with Gasteiger partial charge in [-0.05, 0) is 141 Å². The summed E-state index contributed by atoms with van der Waals surface area (Å²) in [6, 6.07) is 31.8. The number of nitriles is 1. The van der Waals surface area contributed by atoms with Gasteiger partial charge in [0.2, 0.25) is 0 Å². The van der Waals surface area contributed by atoms with Gasteiger partial charge in [0, 0.05) is 50.1 Å². The van der Waals surface area contributed by atoms with Crippen molar-refractivity contribution in [1.29, 1.82) is 5.26 Å². The molecule has 7 aromatic rings. The topological polar surface area (TPSA) is 74.7 Å². The maximum atomic E-state index is 11.8. The first-order valence-corrected chi connectivity index (χ1v) is 26.9. The zero-order valence-corrected chi connectivity index (χ0v) is 41.8. The zero-order chi connectivity index (χ0) is 48.7. The second-order valence-corrected chi connectivity index (χ2v) is 21.5. The van der Waals surface area contributed by atoms with Gasteiger partial charge in [-0.3, -0.25) is 16.0 Å². The predicted octanol–water partition coefficient (Wildman–Crippen LogP) is 14.2. The number of hydrogen-bond donors (Lipinski definition) is 3. The van der Waals surface area contributed by atoms with Crippen LogP contribution in [-0.4, -0.2) is 26.0 Å². The number of aromatic nitrogens is 3. The second-order valence-electron chi connectivity index (χ2n) is 21.5. The maximum Gasteiger partial charge on any atom is 0.101 e. The monoisotopic (exact) mass is 951 g/mol. The first kappa shape index (κ1) is 44.2. The predicted molar refractivity (Wildman–Crippen MR) is 301 cm³/mol. The highest BCUT2D eigenvalue weighted by molar-refractivity contribution is 6.19. The molecule has 0 saturated carbocycles. The van der Waals surface area contributed by atoms with Crippen molar-refractivity contribution < 1.29 is 0 Å². The van der Waals surface area contributed by atoms with E-state index in [-0.39, 0.29) is 18.5 Å². The summed E-state index contributed by atoms with van der Waals surface area (Å²) in [5.74, 6) is 1.43. The number of allylic oxidation sites excluding steroid dienone is 11. The lowest BCUT2D eigenvalue weighted by atomic mass is 9.81. The standard InChI is InChI=1S/C66H61N7/c1-41-26-34-58-53(36-41)54-37-42(2)27-35-59(54)72(58)61-39-60(73-57-25-15-13-23-50(57)52-33-32-51-49-22-12-14-24-56(49)71(62(51)63(52)73)48-20-10-5-11-21-48)47(40-67)38-55(61)66-69-64(45-18-8-4-9-19-45)68-65(70-66)46-30-28-44(29-31-46)43-16-6-3-7-17-43/h3,5-8,10-14,16,18-24,26,28,30-34,37-39,41,43-44,64-66,68-70H,4,9,15,17,25,27,29,35-36H2,1-2H3. The lowest BCUT2D eigenvalue weighted by Crippen LogP contribution is -2.64. The first-order chi connectivity index (χ1) is 36.0. The fraction of sp³-hybridized carbons (Fsp3) is 0.258. The number of fused-ring (bicyclic) bond motifs is 10. The highest BCUT2D eigenvalue weighted by Crippen LogP contribution is 2.46. The summed E-state index contributed by atoms with van der Waals surface area (Å²) in [4.78, 5) is 0. The lowest BCUT2D eigenvalue weighted by Gasteiger charge is -2.42. The quantitative estimate of drug-likeness (QED) is 0.149. The Morgan fingerprint density at radius 2 is 1.38 bits per heavy atom. The number of benzene rings is 4. The molecule has 6 unspecified atom stereocenters. The Morgan fingerprint density at radius 3 is 2.19 bits per heavy atom. The molecule has 3 aromatic heterocycles. The molecule has 0 bridgehead atoms. The first-order valence-electron chi connectivity index (χ1n) is 26.9. The molecule has 4 aromatic carbocycles. The summed E-state index contributed by atoms with van der Waals surface area (Å²) in [5, 5.41) is 27.7. The second kappa shape index (κ2) is 17.9. The van der Waals surface area contributed by atoms with Crippen molar-refractivity contribution in [3.63, 3.8) is 0 Å². The minimum absolute atomic E-state index is 0.122. The molecule has 1 saturated heterocycles. The molecular formula is C66H61N7. The van der Waals surface area contributed by atoms with E-state index in [1.54, 1.807) is 0 Å². The molecule has 4 heterocycles. The van der Waals surface area contributed by atoms with Crippen LogP contribution < -0.4 is 16.0 Å². The molecule has 14 rings (SSSR count). The molecule has 73 heavy (non-hydrogen) atoms. The Balaban J connectivity index is 1.03. The Hall–Kier alpha value is -7.47. The van der Waals surface area contributed by atoms with E-state index < -0.39 is 0 Å². The Labute approximate surface area is 428 Å². The van der Waals surface area contributed by atoms with Gasteiger partial charge in [0.05, 0.1) is 52.0 Å². The Morgan fingerprint density at radius 1 is 0.603 bits per heavy atom. The van der Waals surface area contributed by atoms with E-state index in [9.17, 15) is 5.26 Å². The van der Waals surface area contributed by atoms with Gasteiger partial charge in [0.15, 0.2) is 0 Å². The van der Waals surface area contributed by atoms with Crippen molar-refractivity contribution in [3.05, 3.63) is 213 Å². The minimum Gasteiger partial charge on any atom is -0.313 e. The fourth-order valence-electron chi connectivity index (χ4n) is 13.4. The summed E-state index contributed by atoms with van der Waals surface area (Å²) >= 11 is 0. The Kier molecular flexibility index (Phi) is 10.9. The molecule has 1 aliphatic heterocycles. The van der Waals surface area contributed by atoms with E-state index in [1.807, 2.05) is 0 Å². The smallest absolute Gasteiger partial charge is 0.101 e. The van der Waals surface area contributed by atoms with Gasteiger partial charge in [-0.25, -0.2) is 0 Å². The molecule has 0 radical (unpaired) electrons. The molecule has 360 valence electrons. The molecule has 7 nitrogen and oxygen atoms in total. The largest absolute Gasteiger partial charge is 0.313 e. The molecule has 0 spiro atoms. The summed E-state index contributed by atoms with van der Waals surface area (Å²) in [6.45, 7) is 4.64. The Bertz CT molecular complexity index is 3770. The SMILES string of the molecule is CC1=Cc2c3c(n(-c4cc(-n5c6c(c7ccc8c9ccccc9n(-c9ccccc9)c8c75)C=CCC6)c(C#N)cc4C4NC(C5=CCCC=C5)NC(C5=CCC(C6C=CC=CC6)C=C5)N4)c2CC1)C=CC(C)C3. The normalized spacial score (nSPS) is 24.1. The number of nitrogens with one attached hydrogen (secondary N) is 3. The van der Waals surface area contributed by atoms with E-state index in [2.05, 4.69) is 220 Å². The summed E-state index contributed by atoms with van der Waals surface area (Å²) in [5.41, 5.74) is 20.2. The average Bonchev–Trinajstić information content (AvgIpc) is 4.08. The summed E-state index contributed by atoms with van der Waals surface area (Å²) in [6.07, 6.45) is 43.6. The fourth-order valence-corrected chi connectivity index (χ4v) is 13.4. The van der Waals surface area contributed by atoms with Gasteiger partial charge in [-0.1, -0.05) is 146 Å². The molecule has 3 N–H and O–H groups in total. The van der Waals surface area contributed by atoms with Crippen molar-refractivity contribution >= 4 is 50.9 Å². The van der Waals surface area contributed by atoms with E-state index in [0.717, 1.165) is 91.4 Å². The minimum atomic E-state index is -0.311. The van der Waals surface area contributed by atoms with Gasteiger partial charge < -0.3 is 13.7 Å². The van der Waals surface area contributed by atoms with E-state index in [4.69, 9.17) is 0 Å². The third-order valence-electron chi connectivity index (χ3n) is 16.9. The molecule has 0 amide bonds. The van der Waals surface area contributed by atoms with Crippen LogP contribution in [0.4, 0.5) is 0 Å². The molecule has 6 aliphatic carbocycles. The van der Waals surface area contributed by atoms with Crippen LogP contribution in [0.5, 0.6) is 0 Å².